The number of amidine groups is 1. The highest BCUT2D eigenvalue weighted by Crippen LogP contribution is 2.13. The maximum atomic E-state index is 7.49. The van der Waals surface area contributed by atoms with Gasteiger partial charge in [0.25, 0.3) is 0 Å². The van der Waals surface area contributed by atoms with Crippen molar-refractivity contribution in [2.75, 3.05) is 39.1 Å². The topological polar surface area (TPSA) is 82.1 Å². The number of nitrogen functional groups attached to an aromatic ring is 1. The summed E-state index contributed by atoms with van der Waals surface area (Å²) < 4.78 is 0. The third kappa shape index (κ3) is 3.99. The number of aromatic nitrogens is 2. The van der Waals surface area contributed by atoms with Crippen LogP contribution < -0.4 is 10.6 Å². The second kappa shape index (κ2) is 6.15. The van der Waals surface area contributed by atoms with Gasteiger partial charge in [-0.1, -0.05) is 0 Å². The fourth-order valence-electron chi connectivity index (χ4n) is 1.55. The van der Waals surface area contributed by atoms with Crippen molar-refractivity contribution in [1.82, 2.24) is 15.1 Å². The van der Waals surface area contributed by atoms with Crippen LogP contribution in [0.1, 0.15) is 12.0 Å². The highest BCUT2D eigenvalue weighted by Gasteiger charge is 2.11. The first-order chi connectivity index (χ1) is 8.02. The number of anilines is 1. The number of nitrogens with zero attached hydrogens (tertiary/aromatic N) is 4. The summed E-state index contributed by atoms with van der Waals surface area (Å²) >= 11 is 0. The molecular formula is C11H20N6. The van der Waals surface area contributed by atoms with E-state index in [4.69, 9.17) is 11.1 Å². The average molecular weight is 236 g/mol. The van der Waals surface area contributed by atoms with E-state index in [2.05, 4.69) is 15.1 Å². The average Bonchev–Trinajstić information content (AvgIpc) is 2.28. The van der Waals surface area contributed by atoms with E-state index >= 15 is 0 Å². The Hall–Kier alpha value is -1.69. The van der Waals surface area contributed by atoms with Crippen LogP contribution in [0.5, 0.6) is 0 Å². The highest BCUT2D eigenvalue weighted by atomic mass is 15.2. The van der Waals surface area contributed by atoms with Crippen molar-refractivity contribution in [3.05, 3.63) is 17.8 Å². The molecule has 94 valence electrons. The summed E-state index contributed by atoms with van der Waals surface area (Å²) in [5.41, 5.74) is 6.14. The fraction of sp³-hybridized carbons (Fsp3) is 0.545. The summed E-state index contributed by atoms with van der Waals surface area (Å²) in [6.45, 7) is 1.87. The zero-order valence-electron chi connectivity index (χ0n) is 10.6. The highest BCUT2D eigenvalue weighted by molar-refractivity contribution is 5.99. The second-order valence-corrected chi connectivity index (χ2v) is 4.26. The summed E-state index contributed by atoms with van der Waals surface area (Å²) in [6, 6.07) is 1.72. The fourth-order valence-corrected chi connectivity index (χ4v) is 1.55. The summed E-state index contributed by atoms with van der Waals surface area (Å²) in [5.74, 6) is 0.688. The van der Waals surface area contributed by atoms with Crippen LogP contribution in [-0.2, 0) is 0 Å². The molecule has 0 aliphatic rings. The number of hydrogen-bond acceptors (Lipinski definition) is 5. The molecule has 0 atom stereocenters. The zero-order chi connectivity index (χ0) is 12.8. The molecule has 3 N–H and O–H groups in total. The SMILES string of the molecule is CN(C)CCCN(C)c1nnccc1C(=N)N. The zero-order valence-corrected chi connectivity index (χ0v) is 10.6. The van der Waals surface area contributed by atoms with E-state index in [1.807, 2.05) is 26.0 Å². The Morgan fingerprint density at radius 1 is 1.35 bits per heavy atom. The molecule has 0 spiro atoms. The van der Waals surface area contributed by atoms with Gasteiger partial charge < -0.3 is 15.5 Å². The van der Waals surface area contributed by atoms with Crippen LogP contribution in [0.3, 0.4) is 0 Å². The van der Waals surface area contributed by atoms with E-state index in [0.29, 0.717) is 11.4 Å². The van der Waals surface area contributed by atoms with Crippen molar-refractivity contribution in [3.63, 3.8) is 0 Å². The number of rotatable bonds is 6. The standard InChI is InChI=1S/C11H20N6/c1-16(2)7-4-8-17(3)11-9(10(12)13)5-6-14-15-11/h5-6H,4,7-8H2,1-3H3,(H3,12,13). The van der Waals surface area contributed by atoms with Gasteiger partial charge in [-0.15, -0.1) is 5.10 Å². The van der Waals surface area contributed by atoms with Crippen LogP contribution in [0.15, 0.2) is 12.3 Å². The van der Waals surface area contributed by atoms with Crippen LogP contribution in [0.25, 0.3) is 0 Å². The lowest BCUT2D eigenvalue weighted by molar-refractivity contribution is 0.401. The molecule has 0 aliphatic heterocycles. The molecule has 0 fully saturated rings. The van der Waals surface area contributed by atoms with E-state index in [1.54, 1.807) is 12.3 Å². The first-order valence-corrected chi connectivity index (χ1v) is 5.54. The van der Waals surface area contributed by atoms with Gasteiger partial charge in [0, 0.05) is 13.6 Å². The van der Waals surface area contributed by atoms with Gasteiger partial charge in [-0.25, -0.2) is 0 Å². The lowest BCUT2D eigenvalue weighted by Gasteiger charge is -2.20. The van der Waals surface area contributed by atoms with Crippen molar-refractivity contribution in [2.24, 2.45) is 5.73 Å². The lowest BCUT2D eigenvalue weighted by atomic mass is 10.2. The molecule has 0 bridgehead atoms. The van der Waals surface area contributed by atoms with Crippen LogP contribution in [0.2, 0.25) is 0 Å². The van der Waals surface area contributed by atoms with Crippen molar-refractivity contribution < 1.29 is 0 Å². The maximum absolute atomic E-state index is 7.49. The minimum absolute atomic E-state index is 0.0226. The van der Waals surface area contributed by atoms with Crippen LogP contribution in [0, 0.1) is 5.41 Å². The Kier molecular flexibility index (Phi) is 4.84. The predicted molar refractivity (Wildman–Crippen MR) is 69.5 cm³/mol. The summed E-state index contributed by atoms with van der Waals surface area (Å²) in [4.78, 5) is 4.11. The summed E-state index contributed by atoms with van der Waals surface area (Å²) in [5, 5.41) is 15.4. The van der Waals surface area contributed by atoms with Crippen LogP contribution in [-0.4, -0.2) is 55.2 Å². The minimum atomic E-state index is 0.0226. The van der Waals surface area contributed by atoms with E-state index in [-0.39, 0.29) is 5.84 Å². The number of nitrogens with one attached hydrogen (secondary N) is 1. The van der Waals surface area contributed by atoms with Gasteiger partial charge in [-0.3, -0.25) is 5.41 Å². The Morgan fingerprint density at radius 2 is 2.06 bits per heavy atom. The normalized spacial score (nSPS) is 10.6. The molecular weight excluding hydrogens is 216 g/mol. The van der Waals surface area contributed by atoms with E-state index < -0.39 is 0 Å². The Balaban J connectivity index is 2.68. The van der Waals surface area contributed by atoms with Gasteiger partial charge in [-0.05, 0) is 33.1 Å². The largest absolute Gasteiger partial charge is 0.384 e. The Morgan fingerprint density at radius 3 is 2.65 bits per heavy atom. The smallest absolute Gasteiger partial charge is 0.162 e. The van der Waals surface area contributed by atoms with E-state index in [1.165, 1.54) is 0 Å². The molecule has 17 heavy (non-hydrogen) atoms. The van der Waals surface area contributed by atoms with Gasteiger partial charge in [0.2, 0.25) is 0 Å². The van der Waals surface area contributed by atoms with Gasteiger partial charge >= 0.3 is 0 Å². The summed E-state index contributed by atoms with van der Waals surface area (Å²) in [7, 11) is 6.03. The molecule has 0 aliphatic carbocycles. The first-order valence-electron chi connectivity index (χ1n) is 5.54. The molecule has 0 amide bonds. The third-order valence-corrected chi connectivity index (χ3v) is 2.45. The molecule has 0 radical (unpaired) electrons. The summed E-state index contributed by atoms with van der Waals surface area (Å²) in [6.07, 6.45) is 2.57. The Labute approximate surface area is 102 Å². The molecule has 0 saturated heterocycles. The molecule has 1 rings (SSSR count). The van der Waals surface area contributed by atoms with Crippen molar-refractivity contribution in [3.8, 4) is 0 Å². The molecule has 0 aromatic carbocycles. The van der Waals surface area contributed by atoms with E-state index in [0.717, 1.165) is 19.5 Å². The van der Waals surface area contributed by atoms with Crippen molar-refractivity contribution in [1.29, 1.82) is 5.41 Å². The molecule has 6 heteroatoms. The van der Waals surface area contributed by atoms with Crippen LogP contribution in [0.4, 0.5) is 5.82 Å². The minimum Gasteiger partial charge on any atom is -0.384 e. The molecule has 1 aromatic heterocycles. The monoisotopic (exact) mass is 236 g/mol. The first kappa shape index (κ1) is 13.4. The van der Waals surface area contributed by atoms with Gasteiger partial charge in [-0.2, -0.15) is 5.10 Å². The van der Waals surface area contributed by atoms with Crippen molar-refractivity contribution >= 4 is 11.7 Å². The quantitative estimate of drug-likeness (QED) is 0.542. The third-order valence-electron chi connectivity index (χ3n) is 2.45. The predicted octanol–water partition coefficient (Wildman–Crippen LogP) is 0.149. The molecule has 1 heterocycles. The molecule has 0 saturated carbocycles. The van der Waals surface area contributed by atoms with Gasteiger partial charge in [0.05, 0.1) is 11.8 Å². The second-order valence-electron chi connectivity index (χ2n) is 4.26. The van der Waals surface area contributed by atoms with Crippen LogP contribution >= 0.6 is 0 Å². The van der Waals surface area contributed by atoms with Gasteiger partial charge in [0.15, 0.2) is 5.82 Å². The van der Waals surface area contributed by atoms with Crippen molar-refractivity contribution in [2.45, 2.75) is 6.42 Å². The number of nitrogens with two attached hydrogens (primary N) is 1. The lowest BCUT2D eigenvalue weighted by Crippen LogP contribution is -2.27. The number of hydrogen-bond donors (Lipinski definition) is 2. The Bertz CT molecular complexity index is 376. The van der Waals surface area contributed by atoms with E-state index in [9.17, 15) is 0 Å². The van der Waals surface area contributed by atoms with Gasteiger partial charge in [0.1, 0.15) is 5.84 Å². The maximum Gasteiger partial charge on any atom is 0.162 e. The molecule has 1 aromatic rings. The molecule has 0 unspecified atom stereocenters. The molecule has 6 nitrogen and oxygen atoms in total.